The number of ether oxygens (including phenoxy) is 1. The van der Waals surface area contributed by atoms with Crippen molar-refractivity contribution in [1.29, 1.82) is 0 Å². The molecule has 0 aliphatic heterocycles. The molecule has 4 nitrogen and oxygen atoms in total. The van der Waals surface area contributed by atoms with Crippen LogP contribution < -0.4 is 10.1 Å². The van der Waals surface area contributed by atoms with Gasteiger partial charge in [-0.1, -0.05) is 23.8 Å². The van der Waals surface area contributed by atoms with Crippen LogP contribution in [0.3, 0.4) is 0 Å². The SMILES string of the molecule is CC(C)=CCNCCOc1ccccc1C(=O)O. The van der Waals surface area contributed by atoms with Gasteiger partial charge < -0.3 is 15.2 Å². The molecule has 0 radical (unpaired) electrons. The molecule has 0 atom stereocenters. The molecule has 0 fully saturated rings. The minimum absolute atomic E-state index is 0.196. The Labute approximate surface area is 107 Å². The van der Waals surface area contributed by atoms with Gasteiger partial charge in [-0.3, -0.25) is 0 Å². The summed E-state index contributed by atoms with van der Waals surface area (Å²) in [4.78, 5) is 10.9. The van der Waals surface area contributed by atoms with E-state index in [2.05, 4.69) is 11.4 Å². The third-order valence-electron chi connectivity index (χ3n) is 2.31. The second-order valence-electron chi connectivity index (χ2n) is 4.14. The van der Waals surface area contributed by atoms with Crippen molar-refractivity contribution in [3.8, 4) is 5.75 Å². The number of rotatable bonds is 7. The number of aromatic carboxylic acids is 1. The lowest BCUT2D eigenvalue weighted by molar-refractivity contribution is 0.0692. The van der Waals surface area contributed by atoms with E-state index in [1.165, 1.54) is 11.6 Å². The zero-order chi connectivity index (χ0) is 13.4. The van der Waals surface area contributed by atoms with Gasteiger partial charge in [-0.15, -0.1) is 0 Å². The van der Waals surface area contributed by atoms with Crippen molar-refractivity contribution in [2.45, 2.75) is 13.8 Å². The molecule has 0 aromatic heterocycles. The van der Waals surface area contributed by atoms with Gasteiger partial charge in [0.2, 0.25) is 0 Å². The van der Waals surface area contributed by atoms with Crippen molar-refractivity contribution in [2.75, 3.05) is 19.7 Å². The minimum Gasteiger partial charge on any atom is -0.491 e. The molecule has 98 valence electrons. The van der Waals surface area contributed by atoms with Gasteiger partial charge >= 0.3 is 5.97 Å². The first-order chi connectivity index (χ1) is 8.61. The molecule has 1 rings (SSSR count). The maximum Gasteiger partial charge on any atom is 0.339 e. The molecule has 0 amide bonds. The van der Waals surface area contributed by atoms with E-state index in [1.54, 1.807) is 18.2 Å². The Kier molecular flexibility index (Phi) is 5.94. The molecule has 0 bridgehead atoms. The Hall–Kier alpha value is -1.81. The predicted molar refractivity (Wildman–Crippen MR) is 71.2 cm³/mol. The second-order valence-corrected chi connectivity index (χ2v) is 4.14. The molecule has 2 N–H and O–H groups in total. The predicted octanol–water partition coefficient (Wildman–Crippen LogP) is 2.32. The van der Waals surface area contributed by atoms with Gasteiger partial charge in [-0.25, -0.2) is 4.79 Å². The van der Waals surface area contributed by atoms with Gasteiger partial charge in [0.1, 0.15) is 17.9 Å². The van der Waals surface area contributed by atoms with Gasteiger partial charge in [0, 0.05) is 13.1 Å². The van der Waals surface area contributed by atoms with Crippen LogP contribution in [0, 0.1) is 0 Å². The van der Waals surface area contributed by atoms with Crippen LogP contribution in [0.4, 0.5) is 0 Å². The number of carboxylic acid groups (broad SMARTS) is 1. The molecule has 1 aromatic carbocycles. The van der Waals surface area contributed by atoms with E-state index in [-0.39, 0.29) is 5.56 Å². The van der Waals surface area contributed by atoms with Crippen LogP contribution in [0.5, 0.6) is 5.75 Å². The second kappa shape index (κ2) is 7.50. The van der Waals surface area contributed by atoms with Crippen LogP contribution >= 0.6 is 0 Å². The van der Waals surface area contributed by atoms with E-state index in [0.29, 0.717) is 18.9 Å². The highest BCUT2D eigenvalue weighted by molar-refractivity contribution is 5.90. The first-order valence-electron chi connectivity index (χ1n) is 5.90. The number of carboxylic acids is 1. The van der Waals surface area contributed by atoms with Crippen LogP contribution in [0.25, 0.3) is 0 Å². The average molecular weight is 249 g/mol. The van der Waals surface area contributed by atoms with E-state index in [4.69, 9.17) is 9.84 Å². The Morgan fingerprint density at radius 3 is 2.78 bits per heavy atom. The highest BCUT2D eigenvalue weighted by atomic mass is 16.5. The molecule has 0 aliphatic carbocycles. The summed E-state index contributed by atoms with van der Waals surface area (Å²) in [6, 6.07) is 6.65. The Balaban J connectivity index is 2.35. The van der Waals surface area contributed by atoms with Crippen LogP contribution in [-0.2, 0) is 0 Å². The van der Waals surface area contributed by atoms with Gasteiger partial charge in [-0.05, 0) is 26.0 Å². The topological polar surface area (TPSA) is 58.6 Å². The Morgan fingerprint density at radius 1 is 1.39 bits per heavy atom. The summed E-state index contributed by atoms with van der Waals surface area (Å²) >= 11 is 0. The lowest BCUT2D eigenvalue weighted by atomic mass is 10.2. The molecule has 4 heteroatoms. The number of hydrogen-bond acceptors (Lipinski definition) is 3. The first-order valence-corrected chi connectivity index (χ1v) is 5.90. The van der Waals surface area contributed by atoms with Crippen molar-refractivity contribution in [3.63, 3.8) is 0 Å². The first kappa shape index (κ1) is 14.3. The average Bonchev–Trinajstić information content (AvgIpc) is 2.33. The molecule has 0 saturated heterocycles. The standard InChI is InChI=1S/C14H19NO3/c1-11(2)7-8-15-9-10-18-13-6-4-3-5-12(13)14(16)17/h3-7,15H,8-10H2,1-2H3,(H,16,17). The van der Waals surface area contributed by atoms with Crippen LogP contribution in [-0.4, -0.2) is 30.8 Å². The third kappa shape index (κ3) is 5.01. The molecule has 1 aromatic rings. The van der Waals surface area contributed by atoms with Crippen LogP contribution in [0.15, 0.2) is 35.9 Å². The van der Waals surface area contributed by atoms with E-state index >= 15 is 0 Å². The van der Waals surface area contributed by atoms with Gasteiger partial charge in [0.25, 0.3) is 0 Å². The summed E-state index contributed by atoms with van der Waals surface area (Å²) in [6.45, 7) is 6.01. The third-order valence-corrected chi connectivity index (χ3v) is 2.31. The van der Waals surface area contributed by atoms with Gasteiger partial charge in [0.15, 0.2) is 0 Å². The van der Waals surface area contributed by atoms with Crippen LogP contribution in [0.1, 0.15) is 24.2 Å². The van der Waals surface area contributed by atoms with Gasteiger partial charge in [-0.2, -0.15) is 0 Å². The molecular weight excluding hydrogens is 230 g/mol. The molecule has 0 aliphatic rings. The molecule has 0 heterocycles. The molecule has 18 heavy (non-hydrogen) atoms. The van der Waals surface area contributed by atoms with Crippen molar-refractivity contribution >= 4 is 5.97 Å². The zero-order valence-electron chi connectivity index (χ0n) is 10.8. The summed E-state index contributed by atoms with van der Waals surface area (Å²) in [5.41, 5.74) is 1.46. The number of para-hydroxylation sites is 1. The maximum absolute atomic E-state index is 10.9. The molecule has 0 spiro atoms. The van der Waals surface area contributed by atoms with E-state index in [9.17, 15) is 4.79 Å². The molecule has 0 unspecified atom stereocenters. The summed E-state index contributed by atoms with van der Waals surface area (Å²) in [5.74, 6) is -0.558. The lowest BCUT2D eigenvalue weighted by Crippen LogP contribution is -2.21. The number of carbonyl (C=O) groups is 1. The smallest absolute Gasteiger partial charge is 0.339 e. The quantitative estimate of drug-likeness (QED) is 0.575. The zero-order valence-corrected chi connectivity index (χ0v) is 10.8. The highest BCUT2D eigenvalue weighted by Gasteiger charge is 2.09. The van der Waals surface area contributed by atoms with Crippen molar-refractivity contribution in [3.05, 3.63) is 41.5 Å². The summed E-state index contributed by atoms with van der Waals surface area (Å²) in [6.07, 6.45) is 2.09. The number of benzene rings is 1. The van der Waals surface area contributed by atoms with Crippen molar-refractivity contribution < 1.29 is 14.6 Å². The fourth-order valence-electron chi connectivity index (χ4n) is 1.38. The van der Waals surface area contributed by atoms with Crippen molar-refractivity contribution in [1.82, 2.24) is 5.32 Å². The maximum atomic E-state index is 10.9. The normalized spacial score (nSPS) is 9.89. The van der Waals surface area contributed by atoms with Crippen molar-refractivity contribution in [2.24, 2.45) is 0 Å². The monoisotopic (exact) mass is 249 g/mol. The summed E-state index contributed by atoms with van der Waals surface area (Å²) in [7, 11) is 0. The number of allylic oxidation sites excluding steroid dienone is 1. The van der Waals surface area contributed by atoms with E-state index in [0.717, 1.165) is 6.54 Å². The highest BCUT2D eigenvalue weighted by Crippen LogP contribution is 2.17. The molecule has 0 saturated carbocycles. The largest absolute Gasteiger partial charge is 0.491 e. The summed E-state index contributed by atoms with van der Waals surface area (Å²) < 4.78 is 5.44. The fraction of sp³-hybridized carbons (Fsp3) is 0.357. The number of nitrogens with one attached hydrogen (secondary N) is 1. The minimum atomic E-state index is -0.969. The van der Waals surface area contributed by atoms with Crippen LogP contribution in [0.2, 0.25) is 0 Å². The summed E-state index contributed by atoms with van der Waals surface area (Å²) in [5, 5.41) is 12.2. The Bertz CT molecular complexity index is 423. The fourth-order valence-corrected chi connectivity index (χ4v) is 1.38. The lowest BCUT2D eigenvalue weighted by Gasteiger charge is -2.09. The van der Waals surface area contributed by atoms with Gasteiger partial charge in [0.05, 0.1) is 0 Å². The number of hydrogen-bond donors (Lipinski definition) is 2. The van der Waals surface area contributed by atoms with E-state index in [1.807, 2.05) is 13.8 Å². The Morgan fingerprint density at radius 2 is 2.11 bits per heavy atom. The van der Waals surface area contributed by atoms with E-state index < -0.39 is 5.97 Å². The molecular formula is C14H19NO3.